The first-order valence-electron chi connectivity index (χ1n) is 13.8. The summed E-state index contributed by atoms with van der Waals surface area (Å²) >= 11 is 21.5. The van der Waals surface area contributed by atoms with Crippen LogP contribution in [-0.2, 0) is 32.2 Å². The van der Waals surface area contributed by atoms with Crippen LogP contribution in [0.4, 0.5) is 5.82 Å². The van der Waals surface area contributed by atoms with Crippen molar-refractivity contribution >= 4 is 83.7 Å². The quantitative estimate of drug-likeness (QED) is 0.156. The molecule has 5 aromatic rings. The Morgan fingerprint density at radius 2 is 1.32 bits per heavy atom. The predicted molar refractivity (Wildman–Crippen MR) is 168 cm³/mol. The lowest BCUT2D eigenvalue weighted by atomic mass is 9.97. The van der Waals surface area contributed by atoms with E-state index < -0.39 is 0 Å². The van der Waals surface area contributed by atoms with E-state index in [4.69, 9.17) is 44.3 Å². The zero-order valence-corrected chi connectivity index (χ0v) is 26.0. The Morgan fingerprint density at radius 3 is 2.05 bits per heavy atom. The molecule has 1 aromatic carbocycles. The van der Waals surface area contributed by atoms with Crippen molar-refractivity contribution in [2.45, 2.75) is 57.9 Å². The third-order valence-corrected chi connectivity index (χ3v) is 10.6. The number of halogens is 3. The number of thiophene rings is 2. The number of fused-ring (bicyclic) bond motifs is 7. The zero-order chi connectivity index (χ0) is 27.9. The molecule has 1 aliphatic heterocycles. The molecule has 8 rings (SSSR count). The minimum atomic E-state index is 0.242. The van der Waals surface area contributed by atoms with Gasteiger partial charge in [0.05, 0.1) is 10.8 Å². The fourth-order valence-corrected chi connectivity index (χ4v) is 9.07. The Hall–Kier alpha value is -2.43. The van der Waals surface area contributed by atoms with Crippen LogP contribution >= 0.6 is 57.5 Å². The van der Waals surface area contributed by atoms with Crippen molar-refractivity contribution in [2.24, 2.45) is 0 Å². The second-order valence-corrected chi connectivity index (χ2v) is 13.4. The van der Waals surface area contributed by atoms with Gasteiger partial charge in [0.15, 0.2) is 11.5 Å². The van der Waals surface area contributed by atoms with E-state index in [1.54, 1.807) is 22.7 Å². The molecule has 0 radical (unpaired) electrons. The fourth-order valence-electron chi connectivity index (χ4n) is 5.73. The zero-order valence-electron chi connectivity index (χ0n) is 22.1. The van der Waals surface area contributed by atoms with E-state index in [9.17, 15) is 0 Å². The Labute approximate surface area is 260 Å². The van der Waals surface area contributed by atoms with Gasteiger partial charge < -0.3 is 14.8 Å². The Balaban J connectivity index is 0.000000156. The molecule has 0 atom stereocenters. The van der Waals surface area contributed by atoms with Gasteiger partial charge in [0.1, 0.15) is 33.8 Å². The minimum absolute atomic E-state index is 0.242. The minimum Gasteiger partial charge on any atom is -0.486 e. The van der Waals surface area contributed by atoms with Gasteiger partial charge in [0, 0.05) is 16.3 Å². The monoisotopic (exact) mass is 645 g/mol. The number of hydrogen-bond donors (Lipinski definition) is 1. The van der Waals surface area contributed by atoms with Crippen molar-refractivity contribution in [3.63, 3.8) is 0 Å². The van der Waals surface area contributed by atoms with Crippen LogP contribution in [-0.4, -0.2) is 33.1 Å². The molecule has 0 spiro atoms. The third-order valence-electron chi connectivity index (χ3n) is 7.60. The topological polar surface area (TPSA) is 82.1 Å². The van der Waals surface area contributed by atoms with Crippen LogP contribution in [0.25, 0.3) is 20.4 Å². The standard InChI is InChI=1S/C19H18ClN3O2S.C10H8Cl2N2S/c20-19-22-17(16-12-3-1-2-4-15(12)26-18(16)23-19)21-10-11-5-6-13-14(9-11)25-8-7-24-13;11-8-7-5-3-1-2-4-6(5)15-9(7)14-10(12)13-8/h5-6,9H,1-4,7-8,10H2,(H,21,22,23);1-4H2. The normalized spacial score (nSPS) is 15.7. The maximum Gasteiger partial charge on any atom is 0.225 e. The number of hydrogen-bond acceptors (Lipinski definition) is 9. The van der Waals surface area contributed by atoms with Crippen molar-refractivity contribution < 1.29 is 9.47 Å². The molecule has 2 aliphatic carbocycles. The lowest BCUT2D eigenvalue weighted by Gasteiger charge is -2.19. The van der Waals surface area contributed by atoms with Crippen LogP contribution in [0.2, 0.25) is 15.7 Å². The number of nitrogens with one attached hydrogen (secondary N) is 1. The van der Waals surface area contributed by atoms with Gasteiger partial charge in [-0.25, -0.2) is 19.9 Å². The van der Waals surface area contributed by atoms with Crippen molar-refractivity contribution in [2.75, 3.05) is 18.5 Å². The lowest BCUT2D eigenvalue weighted by molar-refractivity contribution is 0.171. The summed E-state index contributed by atoms with van der Waals surface area (Å²) in [6.45, 7) is 1.84. The molecule has 3 aliphatic rings. The van der Waals surface area contributed by atoms with Crippen molar-refractivity contribution in [3.05, 3.63) is 60.4 Å². The van der Waals surface area contributed by atoms with Crippen molar-refractivity contribution in [1.29, 1.82) is 0 Å². The van der Waals surface area contributed by atoms with Gasteiger partial charge in [-0.15, -0.1) is 22.7 Å². The highest BCUT2D eigenvalue weighted by Gasteiger charge is 2.22. The van der Waals surface area contributed by atoms with Gasteiger partial charge in [0.2, 0.25) is 10.6 Å². The van der Waals surface area contributed by atoms with Crippen molar-refractivity contribution in [3.8, 4) is 11.5 Å². The number of anilines is 1. The molecule has 0 bridgehead atoms. The van der Waals surface area contributed by atoms with Gasteiger partial charge >= 0.3 is 0 Å². The van der Waals surface area contributed by atoms with E-state index in [1.165, 1.54) is 46.6 Å². The molecule has 0 saturated carbocycles. The van der Waals surface area contributed by atoms with Crippen LogP contribution in [0.1, 0.15) is 52.1 Å². The Morgan fingerprint density at radius 1 is 0.707 bits per heavy atom. The summed E-state index contributed by atoms with van der Waals surface area (Å²) in [5.74, 6) is 2.43. The fraction of sp³-hybridized carbons (Fsp3) is 0.379. The summed E-state index contributed by atoms with van der Waals surface area (Å²) in [4.78, 5) is 21.9. The predicted octanol–water partition coefficient (Wildman–Crippen LogP) is 8.48. The summed E-state index contributed by atoms with van der Waals surface area (Å²) in [7, 11) is 0. The highest BCUT2D eigenvalue weighted by Crippen LogP contribution is 2.40. The van der Waals surface area contributed by atoms with Crippen LogP contribution in [0, 0.1) is 0 Å². The summed E-state index contributed by atoms with van der Waals surface area (Å²) < 4.78 is 11.3. The van der Waals surface area contributed by atoms with E-state index >= 15 is 0 Å². The van der Waals surface area contributed by atoms with Gasteiger partial charge in [-0.1, -0.05) is 17.7 Å². The summed E-state index contributed by atoms with van der Waals surface area (Å²) in [5.41, 5.74) is 3.86. The van der Waals surface area contributed by atoms with E-state index in [-0.39, 0.29) is 5.28 Å². The van der Waals surface area contributed by atoms with Crippen LogP contribution in [0.5, 0.6) is 11.5 Å². The van der Waals surface area contributed by atoms with Crippen LogP contribution in [0.3, 0.4) is 0 Å². The second kappa shape index (κ2) is 11.7. The maximum atomic E-state index is 6.17. The molecule has 7 nitrogen and oxygen atoms in total. The average molecular weight is 647 g/mol. The molecular weight excluding hydrogens is 621 g/mol. The Bertz CT molecular complexity index is 1770. The molecular formula is C29H26Cl3N5O2S2. The number of ether oxygens (including phenoxy) is 2. The van der Waals surface area contributed by atoms with E-state index in [1.807, 2.05) is 18.2 Å². The largest absolute Gasteiger partial charge is 0.486 e. The highest BCUT2D eigenvalue weighted by atomic mass is 35.5. The number of nitrogens with zero attached hydrogens (tertiary/aromatic N) is 4. The number of rotatable bonds is 3. The molecule has 41 heavy (non-hydrogen) atoms. The van der Waals surface area contributed by atoms with Crippen LogP contribution in [0.15, 0.2) is 18.2 Å². The van der Waals surface area contributed by atoms with E-state index in [0.29, 0.717) is 30.2 Å². The number of aromatic nitrogens is 4. The average Bonchev–Trinajstić information content (AvgIpc) is 3.54. The molecule has 4 aromatic heterocycles. The smallest absolute Gasteiger partial charge is 0.225 e. The highest BCUT2D eigenvalue weighted by molar-refractivity contribution is 7.19. The first-order chi connectivity index (χ1) is 20.0. The van der Waals surface area contributed by atoms with Gasteiger partial charge in [0.25, 0.3) is 0 Å². The van der Waals surface area contributed by atoms with E-state index in [0.717, 1.165) is 69.0 Å². The third kappa shape index (κ3) is 5.55. The Kier molecular flexibility index (Phi) is 7.81. The van der Waals surface area contributed by atoms with Gasteiger partial charge in [-0.05, 0) is 103 Å². The molecule has 0 amide bonds. The van der Waals surface area contributed by atoms with Crippen LogP contribution < -0.4 is 14.8 Å². The van der Waals surface area contributed by atoms with Crippen molar-refractivity contribution in [1.82, 2.24) is 19.9 Å². The van der Waals surface area contributed by atoms with E-state index in [2.05, 4.69) is 25.3 Å². The summed E-state index contributed by atoms with van der Waals surface area (Å²) in [6, 6.07) is 6.02. The molecule has 12 heteroatoms. The van der Waals surface area contributed by atoms with Gasteiger partial charge in [-0.3, -0.25) is 0 Å². The molecule has 5 heterocycles. The number of aryl methyl sites for hydroxylation is 4. The van der Waals surface area contributed by atoms with Gasteiger partial charge in [-0.2, -0.15) is 0 Å². The lowest BCUT2D eigenvalue weighted by Crippen LogP contribution is -2.15. The number of benzene rings is 1. The summed E-state index contributed by atoms with van der Waals surface area (Å²) in [6.07, 6.45) is 9.44. The first-order valence-corrected chi connectivity index (χ1v) is 16.5. The second-order valence-electron chi connectivity index (χ2n) is 10.2. The molecule has 1 N–H and O–H groups in total. The molecule has 0 unspecified atom stereocenters. The maximum absolute atomic E-state index is 6.17. The summed E-state index contributed by atoms with van der Waals surface area (Å²) in [5, 5.41) is 6.67. The first kappa shape index (κ1) is 27.4. The SMILES string of the molecule is Clc1nc(Cl)c2c3c(sc2n1)CCCC3.Clc1nc(NCc2ccc3c(c2)OCCO3)c2c3c(sc2n1)CCCC3. The molecule has 0 saturated heterocycles. The molecule has 0 fully saturated rings. The molecule has 212 valence electrons.